The van der Waals surface area contributed by atoms with Crippen molar-refractivity contribution >= 4 is 6.01 Å². The van der Waals surface area contributed by atoms with E-state index in [0.29, 0.717) is 17.8 Å². The summed E-state index contributed by atoms with van der Waals surface area (Å²) in [5.74, 6) is 1.22. The second kappa shape index (κ2) is 3.33. The maximum atomic E-state index is 5.31. The Morgan fingerprint density at radius 3 is 2.85 bits per heavy atom. The summed E-state index contributed by atoms with van der Waals surface area (Å²) in [7, 11) is 3.43. The molecule has 72 valence electrons. The van der Waals surface area contributed by atoms with Crippen molar-refractivity contribution in [1.29, 1.82) is 0 Å². The van der Waals surface area contributed by atoms with Crippen LogP contribution in [0.25, 0.3) is 0 Å². The Morgan fingerprint density at radius 1 is 1.62 bits per heavy atom. The fourth-order valence-electron chi connectivity index (χ4n) is 1.36. The average molecular weight is 183 g/mol. The van der Waals surface area contributed by atoms with Crippen molar-refractivity contribution < 1.29 is 9.26 Å². The highest BCUT2D eigenvalue weighted by molar-refractivity contribution is 5.17. The van der Waals surface area contributed by atoms with Gasteiger partial charge in [0.05, 0.1) is 0 Å². The van der Waals surface area contributed by atoms with E-state index < -0.39 is 0 Å². The summed E-state index contributed by atoms with van der Waals surface area (Å²) >= 11 is 0. The highest BCUT2D eigenvalue weighted by Gasteiger charge is 2.35. The van der Waals surface area contributed by atoms with Gasteiger partial charge in [-0.05, 0) is 18.8 Å². The van der Waals surface area contributed by atoms with Crippen LogP contribution in [0.5, 0.6) is 0 Å². The number of rotatable bonds is 4. The molecule has 1 atom stereocenters. The predicted molar refractivity (Wildman–Crippen MR) is 46.3 cm³/mol. The number of methoxy groups -OCH3 is 1. The van der Waals surface area contributed by atoms with Gasteiger partial charge < -0.3 is 14.6 Å². The summed E-state index contributed by atoms with van der Waals surface area (Å²) in [6.07, 6.45) is 2.40. The molecule has 0 amide bonds. The Balaban J connectivity index is 2.12. The zero-order valence-corrected chi connectivity index (χ0v) is 7.78. The topological polar surface area (TPSA) is 60.2 Å². The predicted octanol–water partition coefficient (Wildman–Crippen LogP) is 1.21. The fraction of sp³-hybridized carbons (Fsp3) is 0.750. The summed E-state index contributed by atoms with van der Waals surface area (Å²) in [4.78, 5) is 4.15. The number of anilines is 1. The van der Waals surface area contributed by atoms with Crippen molar-refractivity contribution in [2.45, 2.75) is 18.9 Å². The van der Waals surface area contributed by atoms with Crippen LogP contribution in [0, 0.1) is 5.92 Å². The first-order valence-electron chi connectivity index (χ1n) is 4.39. The lowest BCUT2D eigenvalue weighted by Crippen LogP contribution is -2.05. The number of ether oxygens (including phenoxy) is 1. The summed E-state index contributed by atoms with van der Waals surface area (Å²) in [5.41, 5.74) is 0. The molecule has 1 aromatic heterocycles. The van der Waals surface area contributed by atoms with Gasteiger partial charge in [0.2, 0.25) is 5.82 Å². The zero-order chi connectivity index (χ0) is 9.26. The summed E-state index contributed by atoms with van der Waals surface area (Å²) in [6, 6.07) is 0.442. The molecular formula is C8H13N3O2. The molecule has 1 saturated carbocycles. The molecule has 5 heteroatoms. The molecule has 1 unspecified atom stereocenters. The van der Waals surface area contributed by atoms with Crippen LogP contribution in [0.15, 0.2) is 4.52 Å². The van der Waals surface area contributed by atoms with Gasteiger partial charge in [0.15, 0.2) is 0 Å². The molecule has 13 heavy (non-hydrogen) atoms. The van der Waals surface area contributed by atoms with Crippen molar-refractivity contribution in [3.05, 3.63) is 5.82 Å². The largest absolute Gasteiger partial charge is 0.373 e. The lowest BCUT2D eigenvalue weighted by Gasteiger charge is -2.07. The Hall–Kier alpha value is -1.10. The Labute approximate surface area is 76.5 Å². The molecule has 0 saturated heterocycles. The molecule has 0 bridgehead atoms. The van der Waals surface area contributed by atoms with E-state index in [4.69, 9.17) is 9.26 Å². The highest BCUT2D eigenvalue weighted by Crippen LogP contribution is 2.42. The van der Waals surface area contributed by atoms with Gasteiger partial charge in [-0.25, -0.2) is 0 Å². The third-order valence-electron chi connectivity index (χ3n) is 2.21. The molecule has 1 aliphatic rings. The lowest BCUT2D eigenvalue weighted by atomic mass is 10.2. The second-order valence-electron chi connectivity index (χ2n) is 3.20. The summed E-state index contributed by atoms with van der Waals surface area (Å²) in [6.45, 7) is 0. The van der Waals surface area contributed by atoms with Crippen LogP contribution in [-0.4, -0.2) is 24.3 Å². The van der Waals surface area contributed by atoms with E-state index in [2.05, 4.69) is 15.5 Å². The SMILES string of the molecule is CNc1nc(C(OC)C2CC2)no1. The van der Waals surface area contributed by atoms with Crippen molar-refractivity contribution in [1.82, 2.24) is 10.1 Å². The van der Waals surface area contributed by atoms with E-state index in [0.717, 1.165) is 0 Å². The minimum atomic E-state index is 0.00542. The maximum absolute atomic E-state index is 5.31. The van der Waals surface area contributed by atoms with Crippen molar-refractivity contribution in [2.24, 2.45) is 5.92 Å². The van der Waals surface area contributed by atoms with Gasteiger partial charge in [0.1, 0.15) is 6.10 Å². The Morgan fingerprint density at radius 2 is 2.38 bits per heavy atom. The highest BCUT2D eigenvalue weighted by atomic mass is 16.5. The molecule has 1 N–H and O–H groups in total. The van der Waals surface area contributed by atoms with Crippen LogP contribution in [0.3, 0.4) is 0 Å². The molecular weight excluding hydrogens is 170 g/mol. The smallest absolute Gasteiger partial charge is 0.321 e. The minimum absolute atomic E-state index is 0.00542. The first-order valence-corrected chi connectivity index (χ1v) is 4.39. The van der Waals surface area contributed by atoms with Gasteiger partial charge in [-0.3, -0.25) is 0 Å². The van der Waals surface area contributed by atoms with Gasteiger partial charge >= 0.3 is 6.01 Å². The zero-order valence-electron chi connectivity index (χ0n) is 7.78. The monoisotopic (exact) mass is 183 g/mol. The minimum Gasteiger partial charge on any atom is -0.373 e. The van der Waals surface area contributed by atoms with Gasteiger partial charge in [-0.15, -0.1) is 0 Å². The Bertz CT molecular complexity index is 283. The van der Waals surface area contributed by atoms with Crippen molar-refractivity contribution in [2.75, 3.05) is 19.5 Å². The number of aromatic nitrogens is 2. The third kappa shape index (κ3) is 1.65. The van der Waals surface area contributed by atoms with Gasteiger partial charge in [0, 0.05) is 14.2 Å². The lowest BCUT2D eigenvalue weighted by molar-refractivity contribution is 0.0751. The molecule has 1 aromatic rings. The van der Waals surface area contributed by atoms with E-state index in [1.165, 1.54) is 12.8 Å². The molecule has 1 heterocycles. The van der Waals surface area contributed by atoms with E-state index in [1.54, 1.807) is 14.2 Å². The molecule has 0 radical (unpaired) electrons. The van der Waals surface area contributed by atoms with Gasteiger partial charge in [-0.1, -0.05) is 5.16 Å². The third-order valence-corrected chi connectivity index (χ3v) is 2.21. The number of nitrogens with one attached hydrogen (secondary N) is 1. The summed E-state index contributed by atoms with van der Waals surface area (Å²) < 4.78 is 10.2. The van der Waals surface area contributed by atoms with Crippen LogP contribution < -0.4 is 5.32 Å². The van der Waals surface area contributed by atoms with Gasteiger partial charge in [0.25, 0.3) is 0 Å². The molecule has 2 rings (SSSR count). The Kier molecular flexibility index (Phi) is 2.18. The van der Waals surface area contributed by atoms with Crippen LogP contribution in [0.4, 0.5) is 6.01 Å². The van der Waals surface area contributed by atoms with E-state index >= 15 is 0 Å². The fourth-order valence-corrected chi connectivity index (χ4v) is 1.36. The molecule has 1 aliphatic carbocycles. The van der Waals surface area contributed by atoms with Crippen LogP contribution in [0.2, 0.25) is 0 Å². The first kappa shape index (κ1) is 8.50. The molecule has 5 nitrogen and oxygen atoms in total. The molecule has 1 fully saturated rings. The van der Waals surface area contributed by atoms with Crippen molar-refractivity contribution in [3.8, 4) is 0 Å². The molecule has 0 spiro atoms. The van der Waals surface area contributed by atoms with Crippen LogP contribution in [0.1, 0.15) is 24.8 Å². The first-order chi connectivity index (χ1) is 6.35. The normalized spacial score (nSPS) is 18.6. The van der Waals surface area contributed by atoms with Gasteiger partial charge in [-0.2, -0.15) is 4.98 Å². The summed E-state index contributed by atoms with van der Waals surface area (Å²) in [5, 5.41) is 6.64. The maximum Gasteiger partial charge on any atom is 0.321 e. The van der Waals surface area contributed by atoms with Crippen LogP contribution >= 0.6 is 0 Å². The van der Waals surface area contributed by atoms with E-state index in [1.807, 2.05) is 0 Å². The van der Waals surface area contributed by atoms with Crippen molar-refractivity contribution in [3.63, 3.8) is 0 Å². The molecule has 0 aromatic carbocycles. The molecule has 0 aliphatic heterocycles. The standard InChI is InChI=1S/C8H13N3O2/c1-9-8-10-7(11-13-8)6(12-2)5-3-4-5/h5-6H,3-4H2,1-2H3,(H,9,10,11). The average Bonchev–Trinajstić information content (AvgIpc) is 2.85. The number of hydrogen-bond donors (Lipinski definition) is 1. The van der Waals surface area contributed by atoms with E-state index in [9.17, 15) is 0 Å². The number of nitrogens with zero attached hydrogens (tertiary/aromatic N) is 2. The van der Waals surface area contributed by atoms with Crippen LogP contribution in [-0.2, 0) is 4.74 Å². The number of hydrogen-bond acceptors (Lipinski definition) is 5. The second-order valence-corrected chi connectivity index (χ2v) is 3.20. The quantitative estimate of drug-likeness (QED) is 0.760. The van der Waals surface area contributed by atoms with E-state index in [-0.39, 0.29) is 6.10 Å².